The summed E-state index contributed by atoms with van der Waals surface area (Å²) >= 11 is 1.22. The predicted octanol–water partition coefficient (Wildman–Crippen LogP) is 4.66. The Labute approximate surface area is 183 Å². The van der Waals surface area contributed by atoms with Gasteiger partial charge in [-0.05, 0) is 74.5 Å². The Bertz CT molecular complexity index is 1310. The summed E-state index contributed by atoms with van der Waals surface area (Å²) < 4.78 is 7.52. The molecule has 0 aliphatic carbocycles. The standard InChI is InChI=1S/C23H19N5O2S/c1-13-6-8-17(9-7-13)27-14(2)11-16(15(27)3)12-18-20(24)28-23(25-21(18)29)31-22(26-28)19-5-4-10-30-19/h4-12,24H,1-3H3. The summed E-state index contributed by atoms with van der Waals surface area (Å²) in [6, 6.07) is 13.9. The van der Waals surface area contributed by atoms with Gasteiger partial charge in [0, 0.05) is 17.1 Å². The van der Waals surface area contributed by atoms with Crippen LogP contribution in [0.1, 0.15) is 28.3 Å². The third-order valence-corrected chi connectivity index (χ3v) is 6.17. The molecule has 4 heterocycles. The average molecular weight is 430 g/mol. The molecule has 0 unspecified atom stereocenters. The van der Waals surface area contributed by atoms with Crippen molar-refractivity contribution >= 4 is 39.8 Å². The van der Waals surface area contributed by atoms with Gasteiger partial charge in [-0.15, -0.1) is 0 Å². The first kappa shape index (κ1) is 19.3. The van der Waals surface area contributed by atoms with Crippen LogP contribution < -0.4 is 0 Å². The van der Waals surface area contributed by atoms with Gasteiger partial charge in [-0.2, -0.15) is 15.1 Å². The van der Waals surface area contributed by atoms with Crippen LogP contribution in [0.4, 0.5) is 0 Å². The van der Waals surface area contributed by atoms with E-state index in [2.05, 4.69) is 45.9 Å². The van der Waals surface area contributed by atoms with Gasteiger partial charge < -0.3 is 8.98 Å². The molecule has 2 aliphatic heterocycles. The maximum atomic E-state index is 12.7. The fraction of sp³-hybridized carbons (Fsp3) is 0.130. The fourth-order valence-corrected chi connectivity index (χ4v) is 4.53. The molecule has 0 fully saturated rings. The van der Waals surface area contributed by atoms with Crippen molar-refractivity contribution in [3.05, 3.63) is 82.6 Å². The molecule has 3 aromatic rings. The van der Waals surface area contributed by atoms with Crippen LogP contribution in [0.25, 0.3) is 11.8 Å². The quantitative estimate of drug-likeness (QED) is 0.613. The van der Waals surface area contributed by atoms with Crippen LogP contribution in [0.15, 0.2) is 68.8 Å². The second kappa shape index (κ2) is 7.24. The van der Waals surface area contributed by atoms with E-state index in [1.807, 2.05) is 19.9 Å². The molecule has 154 valence electrons. The largest absolute Gasteiger partial charge is 0.462 e. The number of carbonyl (C=O) groups is 1. The summed E-state index contributed by atoms with van der Waals surface area (Å²) in [7, 11) is 0. The molecule has 7 nitrogen and oxygen atoms in total. The molecular formula is C23H19N5O2S. The third kappa shape index (κ3) is 3.25. The lowest BCUT2D eigenvalue weighted by Gasteiger charge is -2.20. The number of nitrogens with one attached hydrogen (secondary N) is 1. The van der Waals surface area contributed by atoms with Crippen molar-refractivity contribution in [3.8, 4) is 5.69 Å². The van der Waals surface area contributed by atoms with Gasteiger partial charge in [-0.25, -0.2) is 0 Å². The molecule has 1 amide bonds. The summed E-state index contributed by atoms with van der Waals surface area (Å²) in [5, 5.41) is 15.3. The van der Waals surface area contributed by atoms with Crippen molar-refractivity contribution in [1.82, 2.24) is 9.58 Å². The summed E-state index contributed by atoms with van der Waals surface area (Å²) in [5.74, 6) is 0.138. The number of amidine groups is 2. The Kier molecular flexibility index (Phi) is 4.51. The molecule has 0 atom stereocenters. The molecule has 2 aliphatic rings. The lowest BCUT2D eigenvalue weighted by molar-refractivity contribution is -0.114. The van der Waals surface area contributed by atoms with Crippen molar-refractivity contribution in [2.45, 2.75) is 20.8 Å². The number of benzene rings is 1. The lowest BCUT2D eigenvalue weighted by atomic mass is 10.1. The van der Waals surface area contributed by atoms with Crippen molar-refractivity contribution in [2.24, 2.45) is 10.1 Å². The molecule has 0 saturated heterocycles. The van der Waals surface area contributed by atoms with E-state index in [1.165, 1.54) is 22.3 Å². The highest BCUT2D eigenvalue weighted by Gasteiger charge is 2.36. The first-order valence-corrected chi connectivity index (χ1v) is 10.5. The van der Waals surface area contributed by atoms with E-state index >= 15 is 0 Å². The minimum atomic E-state index is -0.445. The maximum absolute atomic E-state index is 12.7. The molecule has 0 saturated carbocycles. The van der Waals surface area contributed by atoms with Crippen molar-refractivity contribution in [1.29, 1.82) is 5.41 Å². The van der Waals surface area contributed by atoms with Crippen molar-refractivity contribution in [2.75, 3.05) is 0 Å². The first-order valence-electron chi connectivity index (χ1n) is 9.72. The summed E-state index contributed by atoms with van der Waals surface area (Å²) in [6.45, 7) is 6.08. The zero-order valence-corrected chi connectivity index (χ0v) is 18.0. The van der Waals surface area contributed by atoms with Crippen LogP contribution >= 0.6 is 11.8 Å². The Hall–Kier alpha value is -3.65. The Morgan fingerprint density at radius 1 is 1.13 bits per heavy atom. The van der Waals surface area contributed by atoms with Gasteiger partial charge in [0.05, 0.1) is 11.8 Å². The number of aryl methyl sites for hydroxylation is 2. The highest BCUT2D eigenvalue weighted by molar-refractivity contribution is 8.27. The van der Waals surface area contributed by atoms with E-state index < -0.39 is 5.91 Å². The van der Waals surface area contributed by atoms with Gasteiger partial charge in [-0.1, -0.05) is 17.7 Å². The van der Waals surface area contributed by atoms with Crippen LogP contribution in [-0.4, -0.2) is 31.5 Å². The van der Waals surface area contributed by atoms with Gasteiger partial charge in [0.1, 0.15) is 0 Å². The second-order valence-corrected chi connectivity index (χ2v) is 8.36. The topological polar surface area (TPSA) is 86.9 Å². The van der Waals surface area contributed by atoms with Crippen LogP contribution in [-0.2, 0) is 4.79 Å². The number of hydrazone groups is 1. The number of aromatic nitrogens is 1. The second-order valence-electron chi connectivity index (χ2n) is 7.40. The maximum Gasteiger partial charge on any atom is 0.283 e. The molecule has 31 heavy (non-hydrogen) atoms. The van der Waals surface area contributed by atoms with E-state index in [9.17, 15) is 4.79 Å². The highest BCUT2D eigenvalue weighted by atomic mass is 32.2. The number of thioether (sulfide) groups is 1. The van der Waals surface area contributed by atoms with Gasteiger partial charge >= 0.3 is 0 Å². The van der Waals surface area contributed by atoms with Crippen LogP contribution in [0.5, 0.6) is 0 Å². The number of rotatable bonds is 3. The number of fused-ring (bicyclic) bond motifs is 1. The van der Waals surface area contributed by atoms with E-state index in [0.717, 1.165) is 22.6 Å². The lowest BCUT2D eigenvalue weighted by Crippen LogP contribution is -2.35. The molecule has 8 heteroatoms. The van der Waals surface area contributed by atoms with Crippen LogP contribution in [0.3, 0.4) is 0 Å². The van der Waals surface area contributed by atoms with Gasteiger partial charge in [0.2, 0.25) is 5.17 Å². The average Bonchev–Trinajstić information content (AvgIpc) is 3.46. The predicted molar refractivity (Wildman–Crippen MR) is 123 cm³/mol. The number of carbonyl (C=O) groups excluding carboxylic acids is 1. The molecule has 0 radical (unpaired) electrons. The zero-order chi connectivity index (χ0) is 21.7. The number of amides is 1. The summed E-state index contributed by atoms with van der Waals surface area (Å²) in [6.07, 6.45) is 3.28. The smallest absolute Gasteiger partial charge is 0.283 e. The first-order chi connectivity index (χ1) is 14.9. The number of nitrogens with zero attached hydrogens (tertiary/aromatic N) is 4. The monoisotopic (exact) mass is 429 g/mol. The van der Waals surface area contributed by atoms with Crippen LogP contribution in [0.2, 0.25) is 0 Å². The Balaban J connectivity index is 1.52. The molecule has 5 rings (SSSR count). The van der Waals surface area contributed by atoms with Gasteiger partial charge in [0.25, 0.3) is 5.91 Å². The van der Waals surface area contributed by atoms with Crippen molar-refractivity contribution in [3.63, 3.8) is 0 Å². The minimum absolute atomic E-state index is 0.00388. The highest BCUT2D eigenvalue weighted by Crippen LogP contribution is 2.32. The van der Waals surface area contributed by atoms with Crippen LogP contribution in [0, 0.1) is 26.2 Å². The zero-order valence-electron chi connectivity index (χ0n) is 17.2. The molecule has 1 aromatic carbocycles. The normalized spacial score (nSPS) is 17.3. The van der Waals surface area contributed by atoms with E-state index in [0.29, 0.717) is 16.0 Å². The Morgan fingerprint density at radius 2 is 1.90 bits per heavy atom. The fourth-order valence-electron chi connectivity index (χ4n) is 3.67. The molecule has 2 aromatic heterocycles. The Morgan fingerprint density at radius 3 is 2.61 bits per heavy atom. The number of hydrogen-bond donors (Lipinski definition) is 1. The summed E-state index contributed by atoms with van der Waals surface area (Å²) in [4.78, 5) is 16.9. The van der Waals surface area contributed by atoms with Crippen molar-refractivity contribution < 1.29 is 9.21 Å². The number of aliphatic imine (C=N–C) groups is 1. The molecular weight excluding hydrogens is 410 g/mol. The molecule has 0 spiro atoms. The van der Waals surface area contributed by atoms with E-state index in [-0.39, 0.29) is 11.4 Å². The number of furan rings is 1. The van der Waals surface area contributed by atoms with Gasteiger partial charge in [0.15, 0.2) is 16.6 Å². The molecule has 0 bridgehead atoms. The summed E-state index contributed by atoms with van der Waals surface area (Å²) in [5.41, 5.74) is 5.35. The third-order valence-electron chi connectivity index (χ3n) is 5.25. The SMILES string of the molecule is Cc1ccc(-n2c(C)cc(C=C3C(=N)N4N=C(c5ccco5)SC4=NC3=O)c2C)cc1. The van der Waals surface area contributed by atoms with E-state index in [1.54, 1.807) is 24.5 Å². The van der Waals surface area contributed by atoms with E-state index in [4.69, 9.17) is 9.83 Å². The molecule has 1 N–H and O–H groups in total. The minimum Gasteiger partial charge on any atom is -0.462 e. The number of hydrogen-bond acceptors (Lipinski definition) is 5. The van der Waals surface area contributed by atoms with Gasteiger partial charge in [-0.3, -0.25) is 10.2 Å².